The number of nitrogens with two attached hydrogens (primary N) is 1. The Bertz CT molecular complexity index is 1090. The summed E-state index contributed by atoms with van der Waals surface area (Å²) < 4.78 is 50.4. The molecule has 0 radical (unpaired) electrons. The van der Waals surface area contributed by atoms with Gasteiger partial charge in [-0.15, -0.1) is 0 Å². The quantitative estimate of drug-likeness (QED) is 0.587. The van der Waals surface area contributed by atoms with Gasteiger partial charge in [0.05, 0.1) is 32.1 Å². The normalized spacial score (nSPS) is 14.8. The molecule has 3 N–H and O–H groups in total. The number of aromatic nitrogens is 2. The zero-order valence-corrected chi connectivity index (χ0v) is 18.2. The number of ether oxygens (including phenoxy) is 2. The Morgan fingerprint density at radius 3 is 2.48 bits per heavy atom. The molecule has 0 spiro atoms. The third-order valence-electron chi connectivity index (χ3n) is 4.97. The molecule has 168 valence electrons. The third-order valence-corrected chi connectivity index (χ3v) is 6.14. The second kappa shape index (κ2) is 9.02. The Labute approximate surface area is 179 Å². The lowest BCUT2D eigenvalue weighted by Crippen LogP contribution is -2.46. The fourth-order valence-electron chi connectivity index (χ4n) is 3.55. The van der Waals surface area contributed by atoms with Crippen molar-refractivity contribution < 1.29 is 27.1 Å². The molecule has 0 bridgehead atoms. The molecule has 12 heteroatoms. The van der Waals surface area contributed by atoms with Gasteiger partial charge in [-0.25, -0.2) is 22.1 Å². The molecule has 0 aliphatic carbocycles. The van der Waals surface area contributed by atoms with E-state index in [4.69, 9.17) is 15.2 Å². The van der Waals surface area contributed by atoms with Gasteiger partial charge in [0.2, 0.25) is 21.8 Å². The first kappa shape index (κ1) is 22.7. The summed E-state index contributed by atoms with van der Waals surface area (Å²) >= 11 is 0. The molecule has 2 heterocycles. The fourth-order valence-corrected chi connectivity index (χ4v) is 4.69. The Morgan fingerprint density at radius 1 is 1.26 bits per heavy atom. The van der Waals surface area contributed by atoms with Crippen molar-refractivity contribution in [3.63, 3.8) is 0 Å². The van der Waals surface area contributed by atoms with Gasteiger partial charge in [-0.05, 0) is 38.1 Å². The lowest BCUT2D eigenvalue weighted by Gasteiger charge is -2.32. The Balaban J connectivity index is 2.05. The average Bonchev–Trinajstić information content (AvgIpc) is 2.73. The monoisotopic (exact) mass is 453 g/mol. The molecule has 10 nitrogen and oxygen atoms in total. The molecule has 31 heavy (non-hydrogen) atoms. The van der Waals surface area contributed by atoms with E-state index in [2.05, 4.69) is 15.3 Å². The second-order valence-electron chi connectivity index (χ2n) is 7.00. The van der Waals surface area contributed by atoms with Crippen LogP contribution in [0.2, 0.25) is 0 Å². The Kier molecular flexibility index (Phi) is 6.60. The van der Waals surface area contributed by atoms with Gasteiger partial charge in [0, 0.05) is 6.20 Å². The number of anilines is 2. The summed E-state index contributed by atoms with van der Waals surface area (Å²) in [5, 5.41) is 3.17. The van der Waals surface area contributed by atoms with E-state index in [0.717, 1.165) is 22.8 Å². The topological polar surface area (TPSA) is 137 Å². The number of nitrogens with one attached hydrogen (secondary N) is 1. The Morgan fingerprint density at radius 2 is 1.94 bits per heavy atom. The second-order valence-corrected chi connectivity index (χ2v) is 8.86. The molecule has 0 saturated carbocycles. The van der Waals surface area contributed by atoms with Crippen LogP contribution in [0, 0.1) is 5.82 Å². The SMILES string of the molecule is COc1ccc(F)c(OC)c1C(=O)c1cnc(N(C2CCNCC2)S(C)(=O)=O)nc1N. The van der Waals surface area contributed by atoms with Gasteiger partial charge in [0.25, 0.3) is 0 Å². The summed E-state index contributed by atoms with van der Waals surface area (Å²) in [4.78, 5) is 21.3. The number of halogens is 1. The molecule has 0 unspecified atom stereocenters. The summed E-state index contributed by atoms with van der Waals surface area (Å²) in [5.41, 5.74) is 5.70. The number of piperidine rings is 1. The molecule has 1 fully saturated rings. The summed E-state index contributed by atoms with van der Waals surface area (Å²) in [5.74, 6) is -2.06. The predicted molar refractivity (Wildman–Crippen MR) is 113 cm³/mol. The van der Waals surface area contributed by atoms with Gasteiger partial charge in [-0.1, -0.05) is 0 Å². The molecule has 0 amide bonds. The molecule has 1 aliphatic heterocycles. The summed E-state index contributed by atoms with van der Waals surface area (Å²) in [6.07, 6.45) is 3.35. The maximum absolute atomic E-state index is 14.2. The number of sulfonamides is 1. The van der Waals surface area contributed by atoms with Crippen molar-refractivity contribution in [1.82, 2.24) is 15.3 Å². The molecule has 2 aromatic rings. The van der Waals surface area contributed by atoms with Crippen LogP contribution >= 0.6 is 0 Å². The lowest BCUT2D eigenvalue weighted by atomic mass is 10.0. The molecule has 1 aliphatic rings. The number of hydrogen-bond acceptors (Lipinski definition) is 9. The van der Waals surface area contributed by atoms with Crippen molar-refractivity contribution in [2.45, 2.75) is 18.9 Å². The van der Waals surface area contributed by atoms with Crippen molar-refractivity contribution in [1.29, 1.82) is 0 Å². The van der Waals surface area contributed by atoms with Crippen molar-refractivity contribution >= 4 is 27.6 Å². The van der Waals surface area contributed by atoms with E-state index in [1.54, 1.807) is 0 Å². The highest BCUT2D eigenvalue weighted by Crippen LogP contribution is 2.34. The minimum atomic E-state index is -3.70. The molecular weight excluding hydrogens is 429 g/mol. The largest absolute Gasteiger partial charge is 0.496 e. The Hall–Kier alpha value is -2.99. The molecule has 1 aromatic heterocycles. The summed E-state index contributed by atoms with van der Waals surface area (Å²) in [7, 11) is -1.14. The molecule has 1 aromatic carbocycles. The zero-order valence-electron chi connectivity index (χ0n) is 17.4. The van der Waals surface area contributed by atoms with E-state index < -0.39 is 21.6 Å². The van der Waals surface area contributed by atoms with Crippen LogP contribution in [0.15, 0.2) is 18.3 Å². The van der Waals surface area contributed by atoms with E-state index in [9.17, 15) is 17.6 Å². The molecule has 3 rings (SSSR count). The highest BCUT2D eigenvalue weighted by molar-refractivity contribution is 7.92. The van der Waals surface area contributed by atoms with Crippen LogP contribution < -0.4 is 24.8 Å². The number of nitrogens with zero attached hydrogens (tertiary/aromatic N) is 3. The number of ketones is 1. The van der Waals surface area contributed by atoms with Crippen LogP contribution in [-0.2, 0) is 10.0 Å². The first-order chi connectivity index (χ1) is 14.7. The van der Waals surface area contributed by atoms with Gasteiger partial charge in [0.15, 0.2) is 11.6 Å². The van der Waals surface area contributed by atoms with E-state index in [0.29, 0.717) is 25.9 Å². The average molecular weight is 453 g/mol. The predicted octanol–water partition coefficient (Wildman–Crippen LogP) is 0.964. The van der Waals surface area contributed by atoms with Crippen molar-refractivity contribution in [3.8, 4) is 11.5 Å². The highest BCUT2D eigenvalue weighted by Gasteiger charge is 2.32. The van der Waals surface area contributed by atoms with E-state index >= 15 is 0 Å². The number of carbonyl (C=O) groups is 1. The van der Waals surface area contributed by atoms with Crippen LogP contribution in [0.4, 0.5) is 16.2 Å². The van der Waals surface area contributed by atoms with E-state index in [1.807, 2.05) is 0 Å². The van der Waals surface area contributed by atoms with Gasteiger partial charge in [-0.2, -0.15) is 4.98 Å². The van der Waals surface area contributed by atoms with Gasteiger partial charge in [-0.3, -0.25) is 4.79 Å². The number of benzene rings is 1. The molecule has 0 atom stereocenters. The van der Waals surface area contributed by atoms with Crippen LogP contribution in [0.1, 0.15) is 28.8 Å². The van der Waals surface area contributed by atoms with Crippen molar-refractivity contribution in [3.05, 3.63) is 35.3 Å². The zero-order chi connectivity index (χ0) is 22.8. The van der Waals surface area contributed by atoms with Crippen LogP contribution in [0.25, 0.3) is 0 Å². The van der Waals surface area contributed by atoms with Gasteiger partial charge < -0.3 is 20.5 Å². The standard InChI is InChI=1S/C19H24FN5O5S/c1-29-14-5-4-13(20)17(30-2)15(14)16(26)12-10-23-19(24-18(12)21)25(31(3,27)28)11-6-8-22-9-7-11/h4-5,10-11,22H,6-9H2,1-3H3,(H2,21,23,24). The van der Waals surface area contributed by atoms with Gasteiger partial charge in [0.1, 0.15) is 17.1 Å². The summed E-state index contributed by atoms with van der Waals surface area (Å²) in [6.45, 7) is 1.31. The smallest absolute Gasteiger partial charge is 0.241 e. The minimum absolute atomic E-state index is 0.0826. The summed E-state index contributed by atoms with van der Waals surface area (Å²) in [6, 6.07) is 2.07. The van der Waals surface area contributed by atoms with Gasteiger partial charge >= 0.3 is 0 Å². The van der Waals surface area contributed by atoms with Crippen molar-refractivity contribution in [2.75, 3.05) is 43.6 Å². The molecule has 1 saturated heterocycles. The van der Waals surface area contributed by atoms with E-state index in [1.165, 1.54) is 20.3 Å². The highest BCUT2D eigenvalue weighted by atomic mass is 32.2. The van der Waals surface area contributed by atoms with Crippen LogP contribution in [-0.4, -0.2) is 63.8 Å². The first-order valence-electron chi connectivity index (χ1n) is 9.46. The fraction of sp³-hybridized carbons (Fsp3) is 0.421. The maximum atomic E-state index is 14.2. The minimum Gasteiger partial charge on any atom is -0.496 e. The third kappa shape index (κ3) is 4.54. The number of carbonyl (C=O) groups excluding carboxylic acids is 1. The maximum Gasteiger partial charge on any atom is 0.241 e. The van der Waals surface area contributed by atoms with E-state index in [-0.39, 0.29) is 40.4 Å². The van der Waals surface area contributed by atoms with Crippen molar-refractivity contribution in [2.24, 2.45) is 0 Å². The number of methoxy groups -OCH3 is 2. The first-order valence-corrected chi connectivity index (χ1v) is 11.3. The lowest BCUT2D eigenvalue weighted by molar-refractivity contribution is 0.103. The number of rotatable bonds is 7. The van der Waals surface area contributed by atoms with Crippen LogP contribution in [0.3, 0.4) is 0 Å². The number of hydrogen-bond donors (Lipinski definition) is 2. The molecular formula is C19H24FN5O5S. The number of nitrogen functional groups attached to an aromatic ring is 1. The van der Waals surface area contributed by atoms with Crippen LogP contribution in [0.5, 0.6) is 11.5 Å².